The number of halogens is 2. The Morgan fingerprint density at radius 2 is 1.88 bits per heavy atom. The predicted molar refractivity (Wildman–Crippen MR) is 146 cm³/mol. The molecule has 0 aliphatic carbocycles. The van der Waals surface area contributed by atoms with E-state index in [1.54, 1.807) is 13.0 Å². The summed E-state index contributed by atoms with van der Waals surface area (Å²) in [6.07, 6.45) is 1.78. The van der Waals surface area contributed by atoms with Crippen LogP contribution in [0.25, 0.3) is 17.5 Å². The van der Waals surface area contributed by atoms with Crippen molar-refractivity contribution in [2.75, 3.05) is 6.61 Å². The number of ether oxygens (including phenoxy) is 1. The Bertz CT molecular complexity index is 1530. The zero-order valence-corrected chi connectivity index (χ0v) is 22.5. The fourth-order valence-corrected chi connectivity index (χ4v) is 6.11. The van der Waals surface area contributed by atoms with Gasteiger partial charge in [-0.05, 0) is 81.4 Å². The molecule has 3 aromatic rings. The standard InChI is InChI=1S/C24H17I2N3O3S/c1-2-32-24(31)20-19(14-8-4-6-10-17(14)26)15(12-27)21(28)29-22(30)18(33-23(20)29)11-13-7-3-5-9-16(13)25/h3-11,19H,2,28H2,1H3/b18-11-/t19-/m0/s1. The second-order valence-corrected chi connectivity index (χ2v) is 10.4. The molecule has 0 saturated carbocycles. The van der Waals surface area contributed by atoms with Crippen LogP contribution in [-0.4, -0.2) is 17.1 Å². The Kier molecular flexibility index (Phi) is 7.06. The minimum absolute atomic E-state index is 0.0360. The van der Waals surface area contributed by atoms with Gasteiger partial charge in [-0.3, -0.25) is 9.36 Å². The smallest absolute Gasteiger partial charge is 0.338 e. The van der Waals surface area contributed by atoms with Crippen LogP contribution < -0.4 is 20.5 Å². The molecule has 0 radical (unpaired) electrons. The monoisotopic (exact) mass is 681 g/mol. The van der Waals surface area contributed by atoms with Crippen LogP contribution >= 0.6 is 56.5 Å². The lowest BCUT2D eigenvalue weighted by molar-refractivity contribution is -0.136. The molecule has 0 unspecified atom stereocenters. The van der Waals surface area contributed by atoms with Gasteiger partial charge in [0.1, 0.15) is 10.5 Å². The van der Waals surface area contributed by atoms with E-state index >= 15 is 0 Å². The van der Waals surface area contributed by atoms with Crippen LogP contribution in [0.3, 0.4) is 0 Å². The lowest BCUT2D eigenvalue weighted by Gasteiger charge is -2.25. The van der Waals surface area contributed by atoms with Crippen molar-refractivity contribution in [2.24, 2.45) is 5.73 Å². The second kappa shape index (κ2) is 9.82. The first-order valence-electron chi connectivity index (χ1n) is 9.93. The normalized spacial score (nSPS) is 15.9. The topological polar surface area (TPSA) is 98.1 Å². The van der Waals surface area contributed by atoms with Crippen LogP contribution in [0.4, 0.5) is 0 Å². The molecule has 2 N–H and O–H groups in total. The molecule has 166 valence electrons. The largest absolute Gasteiger partial charge is 0.463 e. The molecule has 0 bridgehead atoms. The zero-order chi connectivity index (χ0) is 23.7. The zero-order valence-electron chi connectivity index (χ0n) is 17.3. The molecule has 4 rings (SSSR count). The number of hydrogen-bond acceptors (Lipinski definition) is 6. The summed E-state index contributed by atoms with van der Waals surface area (Å²) in [4.78, 5) is 26.6. The van der Waals surface area contributed by atoms with Gasteiger partial charge in [0, 0.05) is 7.14 Å². The minimum atomic E-state index is -0.732. The number of hydrogen-bond donors (Lipinski definition) is 1. The number of thiazole rings is 1. The van der Waals surface area contributed by atoms with E-state index < -0.39 is 11.9 Å². The first-order chi connectivity index (χ1) is 15.9. The maximum Gasteiger partial charge on any atom is 0.338 e. The summed E-state index contributed by atoms with van der Waals surface area (Å²) in [6, 6.07) is 17.3. The molecule has 0 spiro atoms. The van der Waals surface area contributed by atoms with E-state index in [-0.39, 0.29) is 29.1 Å². The summed E-state index contributed by atoms with van der Waals surface area (Å²) in [7, 11) is 0. The van der Waals surface area contributed by atoms with Gasteiger partial charge in [0.15, 0.2) is 0 Å². The number of nitriles is 1. The number of carbonyl (C=O) groups excluding carboxylic acids is 1. The molecular weight excluding hydrogens is 664 g/mol. The van der Waals surface area contributed by atoms with E-state index in [2.05, 4.69) is 51.3 Å². The highest BCUT2D eigenvalue weighted by Gasteiger charge is 2.37. The Balaban J connectivity index is 2.14. The lowest BCUT2D eigenvalue weighted by atomic mass is 9.84. The number of allylic oxidation sites excluding steroid dienone is 1. The van der Waals surface area contributed by atoms with Gasteiger partial charge in [-0.1, -0.05) is 36.4 Å². The van der Waals surface area contributed by atoms with Gasteiger partial charge < -0.3 is 10.5 Å². The summed E-state index contributed by atoms with van der Waals surface area (Å²) in [5.41, 5.74) is 8.06. The molecule has 1 aliphatic heterocycles. The molecule has 0 amide bonds. The molecule has 6 nitrogen and oxygen atoms in total. The van der Waals surface area contributed by atoms with Crippen molar-refractivity contribution >= 4 is 80.0 Å². The summed E-state index contributed by atoms with van der Waals surface area (Å²) in [5.74, 6) is -1.27. The highest BCUT2D eigenvalue weighted by atomic mass is 127. The van der Waals surface area contributed by atoms with E-state index in [0.717, 1.165) is 18.3 Å². The molecule has 0 saturated heterocycles. The minimum Gasteiger partial charge on any atom is -0.463 e. The van der Waals surface area contributed by atoms with E-state index in [1.165, 1.54) is 15.9 Å². The first-order valence-corrected chi connectivity index (χ1v) is 12.9. The van der Waals surface area contributed by atoms with Gasteiger partial charge in [0.25, 0.3) is 5.56 Å². The molecule has 1 aliphatic rings. The predicted octanol–water partition coefficient (Wildman–Crippen LogP) is 3.11. The van der Waals surface area contributed by atoms with Gasteiger partial charge in [-0.15, -0.1) is 11.3 Å². The SMILES string of the molecule is CCOC(=O)C1=c2s/c(=C\c3ccccc3I)c(=O)n2C(N)=C(C#N)[C@@H]1c1ccccc1I. The van der Waals surface area contributed by atoms with Gasteiger partial charge in [-0.2, -0.15) is 5.26 Å². The van der Waals surface area contributed by atoms with Crippen molar-refractivity contribution in [1.29, 1.82) is 5.26 Å². The lowest BCUT2D eigenvalue weighted by Crippen LogP contribution is -2.40. The van der Waals surface area contributed by atoms with E-state index in [0.29, 0.717) is 9.20 Å². The average Bonchev–Trinajstić information content (AvgIpc) is 3.11. The maximum atomic E-state index is 13.4. The number of nitrogens with zero attached hydrogens (tertiary/aromatic N) is 2. The number of fused-ring (bicyclic) bond motifs is 1. The van der Waals surface area contributed by atoms with Gasteiger partial charge in [0.2, 0.25) is 0 Å². The van der Waals surface area contributed by atoms with Crippen molar-refractivity contribution in [2.45, 2.75) is 12.8 Å². The van der Waals surface area contributed by atoms with Crippen molar-refractivity contribution in [3.63, 3.8) is 0 Å². The van der Waals surface area contributed by atoms with Crippen LogP contribution in [-0.2, 0) is 9.53 Å². The molecule has 0 fully saturated rings. The summed E-state index contributed by atoms with van der Waals surface area (Å²) >= 11 is 5.55. The van der Waals surface area contributed by atoms with Crippen molar-refractivity contribution in [1.82, 2.24) is 4.57 Å². The molecule has 33 heavy (non-hydrogen) atoms. The van der Waals surface area contributed by atoms with Gasteiger partial charge in [-0.25, -0.2) is 4.79 Å². The Morgan fingerprint density at radius 3 is 2.52 bits per heavy atom. The van der Waals surface area contributed by atoms with Crippen LogP contribution in [0.5, 0.6) is 0 Å². The van der Waals surface area contributed by atoms with Crippen molar-refractivity contribution in [3.05, 3.63) is 91.9 Å². The third-order valence-corrected chi connectivity index (χ3v) is 8.25. The van der Waals surface area contributed by atoms with E-state index in [9.17, 15) is 14.9 Å². The molecule has 2 heterocycles. The molecule has 1 atom stereocenters. The van der Waals surface area contributed by atoms with Crippen LogP contribution in [0.15, 0.2) is 58.9 Å². The summed E-state index contributed by atoms with van der Waals surface area (Å²) in [6.45, 7) is 1.88. The third-order valence-electron chi connectivity index (χ3n) is 5.17. The van der Waals surface area contributed by atoms with Crippen molar-refractivity contribution in [3.8, 4) is 6.07 Å². The van der Waals surface area contributed by atoms with Crippen LogP contribution in [0.2, 0.25) is 0 Å². The van der Waals surface area contributed by atoms with Crippen molar-refractivity contribution < 1.29 is 9.53 Å². The van der Waals surface area contributed by atoms with Crippen LogP contribution in [0, 0.1) is 18.5 Å². The Morgan fingerprint density at radius 1 is 1.21 bits per heavy atom. The summed E-state index contributed by atoms with van der Waals surface area (Å²) in [5, 5.41) is 10.0. The van der Waals surface area contributed by atoms with Crippen LogP contribution in [0.1, 0.15) is 24.0 Å². The van der Waals surface area contributed by atoms with Gasteiger partial charge >= 0.3 is 5.97 Å². The molecule has 9 heteroatoms. The number of aromatic nitrogens is 1. The number of carbonyl (C=O) groups is 1. The number of nitrogens with two attached hydrogens (primary N) is 1. The Hall–Kier alpha value is -2.43. The fraction of sp³-hybridized carbons (Fsp3) is 0.125. The number of esters is 1. The molecular formula is C24H17I2N3O3S. The Labute approximate surface area is 221 Å². The van der Waals surface area contributed by atoms with Gasteiger partial charge in [0.05, 0.1) is 34.3 Å². The fourth-order valence-electron chi connectivity index (χ4n) is 3.71. The highest BCUT2D eigenvalue weighted by Crippen LogP contribution is 2.38. The number of rotatable bonds is 4. The summed E-state index contributed by atoms with van der Waals surface area (Å²) < 4.78 is 9.30. The third kappa shape index (κ3) is 4.27. The maximum absolute atomic E-state index is 13.4. The average molecular weight is 681 g/mol. The first kappa shape index (κ1) is 23.7. The second-order valence-electron chi connectivity index (χ2n) is 7.08. The van der Waals surface area contributed by atoms with E-state index in [4.69, 9.17) is 10.5 Å². The molecule has 2 aromatic carbocycles. The van der Waals surface area contributed by atoms with E-state index in [1.807, 2.05) is 48.5 Å². The highest BCUT2D eigenvalue weighted by molar-refractivity contribution is 14.1. The quantitative estimate of drug-likeness (QED) is 0.338. The molecule has 1 aromatic heterocycles. The number of benzene rings is 2.